The van der Waals surface area contributed by atoms with Crippen molar-refractivity contribution in [2.24, 2.45) is 0 Å². The number of nitrogens with one attached hydrogen (secondary N) is 1. The molecule has 1 aliphatic heterocycles. The highest BCUT2D eigenvalue weighted by Crippen LogP contribution is 2.10. The fourth-order valence-corrected chi connectivity index (χ4v) is 2.76. The van der Waals surface area contributed by atoms with Gasteiger partial charge in [0.25, 0.3) is 0 Å². The van der Waals surface area contributed by atoms with Crippen LogP contribution in [-0.4, -0.2) is 48.6 Å². The molecule has 0 saturated carbocycles. The largest absolute Gasteiger partial charge is 0.312 e. The first-order valence-corrected chi connectivity index (χ1v) is 6.77. The first-order valence-electron chi connectivity index (χ1n) is 5.62. The molecule has 15 heavy (non-hydrogen) atoms. The summed E-state index contributed by atoms with van der Waals surface area (Å²) in [6, 6.07) is 0.695. The molecule has 1 rings (SSSR count). The van der Waals surface area contributed by atoms with E-state index in [1.54, 1.807) is 0 Å². The van der Waals surface area contributed by atoms with Crippen LogP contribution >= 0.6 is 11.8 Å². The van der Waals surface area contributed by atoms with Gasteiger partial charge in [-0.15, -0.1) is 13.2 Å². The van der Waals surface area contributed by atoms with Crippen LogP contribution in [-0.2, 0) is 0 Å². The number of nitrogens with zero attached hydrogens (tertiary/aromatic N) is 1. The van der Waals surface area contributed by atoms with Crippen LogP contribution in [0.25, 0.3) is 0 Å². The Morgan fingerprint density at radius 2 is 2.07 bits per heavy atom. The predicted molar refractivity (Wildman–Crippen MR) is 70.6 cm³/mol. The minimum Gasteiger partial charge on any atom is -0.312 e. The van der Waals surface area contributed by atoms with Crippen LogP contribution in [0.15, 0.2) is 25.3 Å². The van der Waals surface area contributed by atoms with Gasteiger partial charge in [-0.1, -0.05) is 12.2 Å². The lowest BCUT2D eigenvalue weighted by Crippen LogP contribution is -2.40. The smallest absolute Gasteiger partial charge is 0.0170 e. The van der Waals surface area contributed by atoms with Crippen molar-refractivity contribution in [3.63, 3.8) is 0 Å². The molecule has 1 aliphatic rings. The SMILES string of the molecule is C=CCN(CC=C)CCC1CSCCN1. The Kier molecular flexibility index (Phi) is 6.81. The van der Waals surface area contributed by atoms with E-state index < -0.39 is 0 Å². The third-order valence-electron chi connectivity index (χ3n) is 2.57. The predicted octanol–water partition coefficient (Wildman–Crippen LogP) is 1.76. The molecule has 0 aromatic rings. The molecule has 0 aromatic carbocycles. The molecular formula is C12H22N2S. The van der Waals surface area contributed by atoms with E-state index in [0.717, 1.165) is 26.2 Å². The minimum atomic E-state index is 0.695. The van der Waals surface area contributed by atoms with E-state index in [4.69, 9.17) is 0 Å². The third-order valence-corrected chi connectivity index (χ3v) is 3.70. The van der Waals surface area contributed by atoms with Crippen molar-refractivity contribution in [1.29, 1.82) is 0 Å². The molecule has 0 bridgehead atoms. The third kappa shape index (κ3) is 5.40. The molecule has 0 aromatic heterocycles. The van der Waals surface area contributed by atoms with Crippen molar-refractivity contribution in [2.45, 2.75) is 12.5 Å². The van der Waals surface area contributed by atoms with E-state index in [1.165, 1.54) is 17.9 Å². The van der Waals surface area contributed by atoms with Gasteiger partial charge < -0.3 is 5.32 Å². The molecule has 2 nitrogen and oxygen atoms in total. The van der Waals surface area contributed by atoms with Crippen molar-refractivity contribution >= 4 is 11.8 Å². The van der Waals surface area contributed by atoms with Gasteiger partial charge in [-0.2, -0.15) is 11.8 Å². The summed E-state index contributed by atoms with van der Waals surface area (Å²) in [5, 5.41) is 3.56. The van der Waals surface area contributed by atoms with Crippen LogP contribution in [0.2, 0.25) is 0 Å². The van der Waals surface area contributed by atoms with Crippen molar-refractivity contribution in [1.82, 2.24) is 10.2 Å². The topological polar surface area (TPSA) is 15.3 Å². The lowest BCUT2D eigenvalue weighted by Gasteiger charge is -2.26. The van der Waals surface area contributed by atoms with Crippen LogP contribution in [0.1, 0.15) is 6.42 Å². The summed E-state index contributed by atoms with van der Waals surface area (Å²) in [7, 11) is 0. The first kappa shape index (κ1) is 12.8. The van der Waals surface area contributed by atoms with Crippen LogP contribution in [0.3, 0.4) is 0 Å². The summed E-state index contributed by atoms with van der Waals surface area (Å²) in [6.07, 6.45) is 5.16. The van der Waals surface area contributed by atoms with Gasteiger partial charge in [0.1, 0.15) is 0 Å². The number of hydrogen-bond donors (Lipinski definition) is 1. The number of hydrogen-bond acceptors (Lipinski definition) is 3. The van der Waals surface area contributed by atoms with Gasteiger partial charge in [-0.05, 0) is 6.42 Å². The molecule has 0 aliphatic carbocycles. The molecule has 1 heterocycles. The zero-order valence-corrected chi connectivity index (χ0v) is 10.3. The Morgan fingerprint density at radius 1 is 1.33 bits per heavy atom. The van der Waals surface area contributed by atoms with Crippen LogP contribution in [0, 0.1) is 0 Å². The molecular weight excluding hydrogens is 204 g/mol. The molecule has 1 fully saturated rings. The summed E-state index contributed by atoms with van der Waals surface area (Å²) >= 11 is 2.06. The monoisotopic (exact) mass is 226 g/mol. The summed E-state index contributed by atoms with van der Waals surface area (Å²) in [5.74, 6) is 2.52. The Balaban J connectivity index is 2.18. The molecule has 0 radical (unpaired) electrons. The van der Waals surface area contributed by atoms with Crippen LogP contribution < -0.4 is 5.32 Å². The molecule has 0 spiro atoms. The summed E-state index contributed by atoms with van der Waals surface area (Å²) in [5.41, 5.74) is 0. The minimum absolute atomic E-state index is 0.695. The zero-order valence-electron chi connectivity index (χ0n) is 9.45. The highest BCUT2D eigenvalue weighted by Gasteiger charge is 2.13. The van der Waals surface area contributed by atoms with Crippen molar-refractivity contribution in [3.8, 4) is 0 Å². The second-order valence-corrected chi connectivity index (χ2v) is 5.00. The number of rotatable bonds is 7. The van der Waals surface area contributed by atoms with E-state index in [9.17, 15) is 0 Å². The Hall–Kier alpha value is -0.250. The zero-order chi connectivity index (χ0) is 10.9. The van der Waals surface area contributed by atoms with Gasteiger partial charge in [0, 0.05) is 43.7 Å². The molecule has 1 unspecified atom stereocenters. The van der Waals surface area contributed by atoms with Gasteiger partial charge in [0.15, 0.2) is 0 Å². The number of thioether (sulfide) groups is 1. The van der Waals surface area contributed by atoms with E-state index in [2.05, 4.69) is 35.1 Å². The maximum Gasteiger partial charge on any atom is 0.0170 e. The Labute approximate surface area is 97.8 Å². The van der Waals surface area contributed by atoms with Gasteiger partial charge in [-0.25, -0.2) is 0 Å². The maximum atomic E-state index is 3.78. The van der Waals surface area contributed by atoms with Crippen molar-refractivity contribution in [2.75, 3.05) is 37.7 Å². The average molecular weight is 226 g/mol. The van der Waals surface area contributed by atoms with Gasteiger partial charge in [0.05, 0.1) is 0 Å². The van der Waals surface area contributed by atoms with Crippen molar-refractivity contribution < 1.29 is 0 Å². The Morgan fingerprint density at radius 3 is 2.60 bits per heavy atom. The highest BCUT2D eigenvalue weighted by atomic mass is 32.2. The quantitative estimate of drug-likeness (QED) is 0.666. The fourth-order valence-electron chi connectivity index (χ4n) is 1.77. The van der Waals surface area contributed by atoms with Gasteiger partial charge in [0.2, 0.25) is 0 Å². The summed E-state index contributed by atoms with van der Waals surface area (Å²) in [6.45, 7) is 11.8. The Bertz CT molecular complexity index is 178. The van der Waals surface area contributed by atoms with E-state index >= 15 is 0 Å². The fraction of sp³-hybridized carbons (Fsp3) is 0.667. The lowest BCUT2D eigenvalue weighted by atomic mass is 10.2. The van der Waals surface area contributed by atoms with E-state index in [-0.39, 0.29) is 0 Å². The van der Waals surface area contributed by atoms with E-state index in [1.807, 2.05) is 12.2 Å². The molecule has 1 atom stereocenters. The summed E-state index contributed by atoms with van der Waals surface area (Å²) in [4.78, 5) is 2.38. The summed E-state index contributed by atoms with van der Waals surface area (Å²) < 4.78 is 0. The standard InChI is InChI=1S/C12H22N2S/c1-3-7-14(8-4-2)9-5-12-11-15-10-6-13-12/h3-4,12-13H,1-2,5-11H2. The maximum absolute atomic E-state index is 3.78. The molecule has 1 saturated heterocycles. The second kappa shape index (κ2) is 7.97. The van der Waals surface area contributed by atoms with Gasteiger partial charge in [-0.3, -0.25) is 4.90 Å². The van der Waals surface area contributed by atoms with Crippen LogP contribution in [0.5, 0.6) is 0 Å². The average Bonchev–Trinajstić information content (AvgIpc) is 2.28. The van der Waals surface area contributed by atoms with Gasteiger partial charge >= 0.3 is 0 Å². The van der Waals surface area contributed by atoms with E-state index in [0.29, 0.717) is 6.04 Å². The normalized spacial score (nSPS) is 21.5. The molecule has 0 amide bonds. The van der Waals surface area contributed by atoms with Crippen LogP contribution in [0.4, 0.5) is 0 Å². The first-order chi connectivity index (χ1) is 7.36. The lowest BCUT2D eigenvalue weighted by molar-refractivity contribution is 0.312. The highest BCUT2D eigenvalue weighted by molar-refractivity contribution is 7.99. The van der Waals surface area contributed by atoms with Crippen molar-refractivity contribution in [3.05, 3.63) is 25.3 Å². The molecule has 1 N–H and O–H groups in total. The second-order valence-electron chi connectivity index (χ2n) is 3.85. The molecule has 86 valence electrons. The molecule has 3 heteroatoms.